The van der Waals surface area contributed by atoms with E-state index in [0.29, 0.717) is 17.9 Å². The van der Waals surface area contributed by atoms with E-state index < -0.39 is 5.97 Å². The molecule has 0 saturated heterocycles. The predicted molar refractivity (Wildman–Crippen MR) is 132 cm³/mol. The Labute approximate surface area is 195 Å². The molecule has 1 atom stereocenters. The van der Waals surface area contributed by atoms with E-state index in [0.717, 1.165) is 29.8 Å². The van der Waals surface area contributed by atoms with Crippen molar-refractivity contribution in [3.8, 4) is 11.5 Å². The van der Waals surface area contributed by atoms with Crippen LogP contribution in [-0.2, 0) is 11.2 Å². The van der Waals surface area contributed by atoms with Gasteiger partial charge < -0.3 is 19.9 Å². The number of carboxylic acids is 1. The summed E-state index contributed by atoms with van der Waals surface area (Å²) < 4.78 is 10.9. The van der Waals surface area contributed by atoms with Gasteiger partial charge in [0.05, 0.1) is 14.2 Å². The van der Waals surface area contributed by atoms with Gasteiger partial charge in [-0.15, -0.1) is 0 Å². The lowest BCUT2D eigenvalue weighted by Crippen LogP contribution is -2.22. The first kappa shape index (κ1) is 24.1. The van der Waals surface area contributed by atoms with E-state index >= 15 is 0 Å². The Bertz CT molecular complexity index is 1060. The van der Waals surface area contributed by atoms with Gasteiger partial charge in [-0.25, -0.2) is 0 Å². The largest absolute Gasteiger partial charge is 0.493 e. The van der Waals surface area contributed by atoms with E-state index in [9.17, 15) is 4.79 Å². The summed E-state index contributed by atoms with van der Waals surface area (Å²) in [5, 5.41) is 12.6. The van der Waals surface area contributed by atoms with Crippen LogP contribution >= 0.6 is 0 Å². The zero-order chi connectivity index (χ0) is 23.5. The highest BCUT2D eigenvalue weighted by Gasteiger charge is 2.17. The normalized spacial score (nSPS) is 11.9. The van der Waals surface area contributed by atoms with E-state index in [1.807, 2.05) is 42.5 Å². The molecule has 0 heterocycles. The molecule has 0 aliphatic carbocycles. The van der Waals surface area contributed by atoms with Crippen LogP contribution in [0.25, 0.3) is 6.08 Å². The van der Waals surface area contributed by atoms with Crippen LogP contribution in [0, 0.1) is 0 Å². The number of hydrogen-bond donors (Lipinski definition) is 2. The highest BCUT2D eigenvalue weighted by molar-refractivity contribution is 5.67. The van der Waals surface area contributed by atoms with Gasteiger partial charge in [-0.1, -0.05) is 72.8 Å². The van der Waals surface area contributed by atoms with Crippen molar-refractivity contribution in [1.29, 1.82) is 0 Å². The van der Waals surface area contributed by atoms with Gasteiger partial charge in [0, 0.05) is 25.4 Å². The van der Waals surface area contributed by atoms with Gasteiger partial charge in [-0.05, 0) is 40.8 Å². The summed E-state index contributed by atoms with van der Waals surface area (Å²) in [6, 6.07) is 24.4. The summed E-state index contributed by atoms with van der Waals surface area (Å²) in [6.45, 7) is 1.45. The maximum absolute atomic E-state index is 11.0. The molecule has 172 valence electrons. The van der Waals surface area contributed by atoms with Crippen molar-refractivity contribution in [2.75, 3.05) is 27.3 Å². The Hall–Kier alpha value is -3.57. The first-order valence-electron chi connectivity index (χ1n) is 11.1. The Kier molecular flexibility index (Phi) is 9.09. The van der Waals surface area contributed by atoms with Gasteiger partial charge in [-0.2, -0.15) is 0 Å². The fraction of sp³-hybridized carbons (Fsp3) is 0.250. The van der Waals surface area contributed by atoms with Crippen LogP contribution in [0.1, 0.15) is 34.6 Å². The highest BCUT2D eigenvalue weighted by Crippen LogP contribution is 2.33. The van der Waals surface area contributed by atoms with Gasteiger partial charge in [-0.3, -0.25) is 4.79 Å². The fourth-order valence-electron chi connectivity index (χ4n) is 3.78. The maximum Gasteiger partial charge on any atom is 0.303 e. The summed E-state index contributed by atoms with van der Waals surface area (Å²) in [5.74, 6) is 0.656. The van der Waals surface area contributed by atoms with Crippen molar-refractivity contribution in [1.82, 2.24) is 5.32 Å². The minimum atomic E-state index is -0.788. The zero-order valence-corrected chi connectivity index (χ0v) is 19.2. The van der Waals surface area contributed by atoms with E-state index in [4.69, 9.17) is 14.6 Å². The average Bonchev–Trinajstić information content (AvgIpc) is 2.85. The predicted octanol–water partition coefficient (Wildman–Crippen LogP) is 5.16. The van der Waals surface area contributed by atoms with Crippen LogP contribution in [-0.4, -0.2) is 38.4 Å². The first-order valence-corrected chi connectivity index (χ1v) is 11.1. The van der Waals surface area contributed by atoms with E-state index in [-0.39, 0.29) is 12.3 Å². The molecular formula is C28H31NO4. The molecule has 0 aliphatic heterocycles. The van der Waals surface area contributed by atoms with E-state index in [1.165, 1.54) is 5.56 Å². The van der Waals surface area contributed by atoms with E-state index in [2.05, 4.69) is 47.8 Å². The van der Waals surface area contributed by atoms with Crippen molar-refractivity contribution in [2.45, 2.75) is 18.8 Å². The van der Waals surface area contributed by atoms with Crippen LogP contribution in [0.15, 0.2) is 78.9 Å². The second-order valence-corrected chi connectivity index (χ2v) is 7.78. The summed E-state index contributed by atoms with van der Waals surface area (Å²) in [5.41, 5.74) is 4.42. The smallest absolute Gasteiger partial charge is 0.303 e. The molecule has 33 heavy (non-hydrogen) atoms. The number of carboxylic acid groups (broad SMARTS) is 1. The van der Waals surface area contributed by atoms with Crippen LogP contribution in [0.5, 0.6) is 11.5 Å². The number of rotatable bonds is 12. The molecular weight excluding hydrogens is 414 g/mol. The third kappa shape index (κ3) is 7.22. The third-order valence-electron chi connectivity index (χ3n) is 5.51. The summed E-state index contributed by atoms with van der Waals surface area (Å²) in [6.07, 6.45) is 4.84. The molecule has 3 aromatic rings. The quantitative estimate of drug-likeness (QED) is 0.377. The molecule has 0 fully saturated rings. The van der Waals surface area contributed by atoms with Gasteiger partial charge in [0.1, 0.15) is 0 Å². The van der Waals surface area contributed by atoms with Gasteiger partial charge in [0.2, 0.25) is 0 Å². The molecule has 0 radical (unpaired) electrons. The highest BCUT2D eigenvalue weighted by atomic mass is 16.5. The SMILES string of the molecule is COc1ccc(C(CNCC=Cc2ccccc2)c2cccc(CCC(=O)O)c2)cc1OC. The topological polar surface area (TPSA) is 67.8 Å². The van der Waals surface area contributed by atoms with Crippen LogP contribution in [0.2, 0.25) is 0 Å². The molecule has 3 aromatic carbocycles. The Morgan fingerprint density at radius 1 is 0.939 bits per heavy atom. The Morgan fingerprint density at radius 2 is 1.70 bits per heavy atom. The van der Waals surface area contributed by atoms with Crippen molar-refractivity contribution in [3.63, 3.8) is 0 Å². The molecule has 0 bridgehead atoms. The number of aliphatic carboxylic acids is 1. The minimum absolute atomic E-state index is 0.0692. The Balaban J connectivity index is 1.80. The second-order valence-electron chi connectivity index (χ2n) is 7.78. The van der Waals surface area contributed by atoms with Crippen molar-refractivity contribution >= 4 is 12.0 Å². The molecule has 0 amide bonds. The molecule has 3 rings (SSSR count). The number of aryl methyl sites for hydroxylation is 1. The third-order valence-corrected chi connectivity index (χ3v) is 5.51. The summed E-state index contributed by atoms with van der Waals surface area (Å²) in [4.78, 5) is 11.0. The molecule has 0 spiro atoms. The number of ether oxygens (including phenoxy) is 2. The second kappa shape index (κ2) is 12.5. The van der Waals surface area contributed by atoms with Crippen LogP contribution in [0.4, 0.5) is 0 Å². The molecule has 1 unspecified atom stereocenters. The average molecular weight is 446 g/mol. The van der Waals surface area contributed by atoms with Crippen LogP contribution in [0.3, 0.4) is 0 Å². The van der Waals surface area contributed by atoms with Crippen LogP contribution < -0.4 is 14.8 Å². The minimum Gasteiger partial charge on any atom is -0.493 e. The number of methoxy groups -OCH3 is 2. The van der Waals surface area contributed by atoms with Crippen molar-refractivity contribution in [2.24, 2.45) is 0 Å². The van der Waals surface area contributed by atoms with Crippen molar-refractivity contribution in [3.05, 3.63) is 101 Å². The lowest BCUT2D eigenvalue weighted by molar-refractivity contribution is -0.136. The lowest BCUT2D eigenvalue weighted by Gasteiger charge is -2.21. The number of benzene rings is 3. The number of carbonyl (C=O) groups is 1. The monoisotopic (exact) mass is 445 g/mol. The number of hydrogen-bond acceptors (Lipinski definition) is 4. The Morgan fingerprint density at radius 3 is 2.42 bits per heavy atom. The number of nitrogens with one attached hydrogen (secondary N) is 1. The molecule has 0 saturated carbocycles. The molecule has 2 N–H and O–H groups in total. The van der Waals surface area contributed by atoms with E-state index in [1.54, 1.807) is 14.2 Å². The molecule has 5 nitrogen and oxygen atoms in total. The maximum atomic E-state index is 11.0. The standard InChI is InChI=1S/C28H31NO4/c1-32-26-15-14-24(19-27(26)33-2)25(20-29-17-7-11-21-8-4-3-5-9-21)23-12-6-10-22(18-23)13-16-28(30)31/h3-12,14-15,18-19,25,29H,13,16-17,20H2,1-2H3,(H,30,31). The molecule has 5 heteroatoms. The molecule has 0 aromatic heterocycles. The molecule has 0 aliphatic rings. The fourth-order valence-corrected chi connectivity index (χ4v) is 3.78. The zero-order valence-electron chi connectivity index (χ0n) is 19.2. The van der Waals surface area contributed by atoms with Gasteiger partial charge in [0.15, 0.2) is 11.5 Å². The van der Waals surface area contributed by atoms with Crippen molar-refractivity contribution < 1.29 is 19.4 Å². The lowest BCUT2D eigenvalue weighted by atomic mass is 9.89. The van der Waals surface area contributed by atoms with Gasteiger partial charge >= 0.3 is 5.97 Å². The van der Waals surface area contributed by atoms with Gasteiger partial charge in [0.25, 0.3) is 0 Å². The summed E-state index contributed by atoms with van der Waals surface area (Å²) >= 11 is 0. The summed E-state index contributed by atoms with van der Waals surface area (Å²) in [7, 11) is 3.26. The first-order chi connectivity index (χ1) is 16.1.